The maximum atomic E-state index is 13.4. The Labute approximate surface area is 195 Å². The van der Waals surface area contributed by atoms with E-state index in [4.69, 9.17) is 9.88 Å². The van der Waals surface area contributed by atoms with Crippen molar-refractivity contribution in [3.63, 3.8) is 0 Å². The zero-order valence-electron chi connectivity index (χ0n) is 18.8. The van der Waals surface area contributed by atoms with Crippen LogP contribution in [0.25, 0.3) is 0 Å². The molecule has 0 spiro atoms. The van der Waals surface area contributed by atoms with E-state index in [2.05, 4.69) is 5.32 Å². The van der Waals surface area contributed by atoms with Crippen molar-refractivity contribution < 1.29 is 26.4 Å². The fraction of sp³-hybridized carbons (Fsp3) is 0.409. The highest BCUT2D eigenvalue weighted by molar-refractivity contribution is 7.89. The molecule has 3 N–H and O–H groups in total. The summed E-state index contributed by atoms with van der Waals surface area (Å²) in [5.41, 5.74) is 1.28. The summed E-state index contributed by atoms with van der Waals surface area (Å²) in [7, 11) is -6.28. The molecule has 11 heteroatoms. The number of ether oxygens (including phenoxy) is 1. The SMILES string of the molecule is COc1ccc(C(C)C)cc1S(=O)(=O)N1CCC[C@H](C(=O)Nc2ccc(S(N)(=O)=O)cc2)C1. The van der Waals surface area contributed by atoms with Gasteiger partial charge in [0.1, 0.15) is 10.6 Å². The molecule has 0 aromatic heterocycles. The predicted octanol–water partition coefficient (Wildman–Crippen LogP) is 2.51. The summed E-state index contributed by atoms with van der Waals surface area (Å²) in [6.07, 6.45) is 1.07. The van der Waals surface area contributed by atoms with Crippen LogP contribution < -0.4 is 15.2 Å². The van der Waals surface area contributed by atoms with E-state index < -0.39 is 26.0 Å². The highest BCUT2D eigenvalue weighted by Crippen LogP contribution is 2.32. The van der Waals surface area contributed by atoms with Crippen LogP contribution in [0.4, 0.5) is 5.69 Å². The molecule has 1 saturated heterocycles. The Morgan fingerprint density at radius 1 is 1.12 bits per heavy atom. The van der Waals surface area contributed by atoms with Crippen LogP contribution in [-0.4, -0.2) is 47.2 Å². The number of nitrogens with zero attached hydrogens (tertiary/aromatic N) is 1. The number of anilines is 1. The normalized spacial score (nSPS) is 17.7. The number of sulfonamides is 2. The van der Waals surface area contributed by atoms with Gasteiger partial charge in [-0.15, -0.1) is 0 Å². The van der Waals surface area contributed by atoms with Crippen LogP contribution in [0.2, 0.25) is 0 Å². The minimum atomic E-state index is -3.87. The van der Waals surface area contributed by atoms with E-state index in [9.17, 15) is 21.6 Å². The van der Waals surface area contributed by atoms with Crippen LogP contribution in [0.1, 0.15) is 38.2 Å². The molecule has 0 unspecified atom stereocenters. The lowest BCUT2D eigenvalue weighted by Gasteiger charge is -2.31. The first kappa shape index (κ1) is 25.2. The third-order valence-electron chi connectivity index (χ3n) is 5.68. The van der Waals surface area contributed by atoms with Gasteiger partial charge >= 0.3 is 0 Å². The third-order valence-corrected chi connectivity index (χ3v) is 8.49. The molecule has 0 saturated carbocycles. The minimum absolute atomic E-state index is 0.0402. The molecule has 1 amide bonds. The smallest absolute Gasteiger partial charge is 0.246 e. The first-order valence-corrected chi connectivity index (χ1v) is 13.5. The summed E-state index contributed by atoms with van der Waals surface area (Å²) >= 11 is 0. The van der Waals surface area contributed by atoms with Crippen molar-refractivity contribution in [2.75, 3.05) is 25.5 Å². The van der Waals surface area contributed by atoms with Crippen molar-refractivity contribution in [3.05, 3.63) is 48.0 Å². The summed E-state index contributed by atoms with van der Waals surface area (Å²) in [6, 6.07) is 10.6. The first-order valence-electron chi connectivity index (χ1n) is 10.6. The number of hydrogen-bond acceptors (Lipinski definition) is 6. The molecule has 33 heavy (non-hydrogen) atoms. The van der Waals surface area contributed by atoms with Crippen molar-refractivity contribution in [2.45, 2.75) is 42.4 Å². The second kappa shape index (κ2) is 9.80. The lowest BCUT2D eigenvalue weighted by atomic mass is 9.99. The summed E-state index contributed by atoms with van der Waals surface area (Å²) < 4.78 is 56.3. The average molecular weight is 496 g/mol. The van der Waals surface area contributed by atoms with Gasteiger partial charge < -0.3 is 10.1 Å². The quantitative estimate of drug-likeness (QED) is 0.606. The Hall–Kier alpha value is -2.47. The van der Waals surface area contributed by atoms with Crippen LogP contribution in [-0.2, 0) is 24.8 Å². The van der Waals surface area contributed by atoms with Gasteiger partial charge in [-0.05, 0) is 60.7 Å². The molecule has 180 valence electrons. The molecular weight excluding hydrogens is 466 g/mol. The van der Waals surface area contributed by atoms with Crippen molar-refractivity contribution in [1.82, 2.24) is 4.31 Å². The van der Waals surface area contributed by atoms with E-state index in [-0.39, 0.29) is 33.9 Å². The molecule has 0 aliphatic carbocycles. The zero-order valence-corrected chi connectivity index (χ0v) is 20.4. The van der Waals surface area contributed by atoms with E-state index >= 15 is 0 Å². The topological polar surface area (TPSA) is 136 Å². The van der Waals surface area contributed by atoms with E-state index in [1.165, 1.54) is 35.7 Å². The summed E-state index contributed by atoms with van der Waals surface area (Å²) in [5.74, 6) is -0.474. The van der Waals surface area contributed by atoms with E-state index in [1.54, 1.807) is 12.1 Å². The second-order valence-electron chi connectivity index (χ2n) is 8.33. The average Bonchev–Trinajstić information content (AvgIpc) is 2.78. The van der Waals surface area contributed by atoms with Crippen LogP contribution >= 0.6 is 0 Å². The molecular formula is C22H29N3O6S2. The summed E-state index contributed by atoms with van der Waals surface area (Å²) in [6.45, 7) is 4.31. The molecule has 1 atom stereocenters. The molecule has 1 aliphatic heterocycles. The molecule has 0 radical (unpaired) electrons. The Morgan fingerprint density at radius 2 is 1.79 bits per heavy atom. The van der Waals surface area contributed by atoms with Crippen molar-refractivity contribution >= 4 is 31.6 Å². The Bertz CT molecular complexity index is 1230. The zero-order chi connectivity index (χ0) is 24.4. The Balaban J connectivity index is 1.78. The fourth-order valence-corrected chi connectivity index (χ4v) is 5.97. The molecule has 1 heterocycles. The minimum Gasteiger partial charge on any atom is -0.495 e. The second-order valence-corrected chi connectivity index (χ2v) is 11.8. The van der Waals surface area contributed by atoms with Crippen LogP contribution in [0, 0.1) is 5.92 Å². The number of primary sulfonamides is 1. The van der Waals surface area contributed by atoms with Crippen LogP contribution in [0.5, 0.6) is 5.75 Å². The van der Waals surface area contributed by atoms with Gasteiger partial charge in [-0.1, -0.05) is 19.9 Å². The number of benzene rings is 2. The largest absolute Gasteiger partial charge is 0.495 e. The lowest BCUT2D eigenvalue weighted by molar-refractivity contribution is -0.120. The number of piperidine rings is 1. The molecule has 2 aromatic carbocycles. The number of carbonyl (C=O) groups is 1. The van der Waals surface area contributed by atoms with Gasteiger partial charge in [0.15, 0.2) is 0 Å². The number of hydrogen-bond donors (Lipinski definition) is 2. The van der Waals surface area contributed by atoms with Gasteiger partial charge in [-0.25, -0.2) is 22.0 Å². The van der Waals surface area contributed by atoms with Crippen molar-refractivity contribution in [3.8, 4) is 5.75 Å². The van der Waals surface area contributed by atoms with Gasteiger partial charge in [0.05, 0.1) is 17.9 Å². The fourth-order valence-electron chi connectivity index (χ4n) is 3.74. The standard InChI is InChI=1S/C22H29N3O6S2/c1-15(2)16-6-11-20(31-3)21(13-16)33(29,30)25-12-4-5-17(14-25)22(26)24-18-7-9-19(10-8-18)32(23,27)28/h6-11,13,15,17H,4-5,12,14H2,1-3H3,(H,24,26)(H2,23,27,28)/t17-/m0/s1. The number of amides is 1. The third kappa shape index (κ3) is 5.72. The molecule has 2 aromatic rings. The van der Waals surface area contributed by atoms with Crippen LogP contribution in [0.3, 0.4) is 0 Å². The van der Waals surface area contributed by atoms with E-state index in [1.807, 2.05) is 19.9 Å². The lowest BCUT2D eigenvalue weighted by Crippen LogP contribution is -2.43. The van der Waals surface area contributed by atoms with Crippen LogP contribution in [0.15, 0.2) is 52.3 Å². The van der Waals surface area contributed by atoms with Crippen molar-refractivity contribution in [2.24, 2.45) is 11.1 Å². The Morgan fingerprint density at radius 3 is 2.36 bits per heavy atom. The number of carbonyl (C=O) groups excluding carboxylic acids is 1. The molecule has 1 aliphatic rings. The van der Waals surface area contributed by atoms with Gasteiger partial charge in [0.25, 0.3) is 0 Å². The molecule has 9 nitrogen and oxygen atoms in total. The summed E-state index contributed by atoms with van der Waals surface area (Å²) in [4.78, 5) is 12.9. The highest BCUT2D eigenvalue weighted by atomic mass is 32.2. The predicted molar refractivity (Wildman–Crippen MR) is 125 cm³/mol. The number of rotatable bonds is 7. The van der Waals surface area contributed by atoms with Gasteiger partial charge in [-0.3, -0.25) is 4.79 Å². The molecule has 0 bridgehead atoms. The summed E-state index contributed by atoms with van der Waals surface area (Å²) in [5, 5.41) is 7.82. The molecule has 3 rings (SSSR count). The highest BCUT2D eigenvalue weighted by Gasteiger charge is 2.35. The number of methoxy groups -OCH3 is 1. The van der Waals surface area contributed by atoms with Gasteiger partial charge in [-0.2, -0.15) is 4.31 Å². The first-order chi connectivity index (χ1) is 15.4. The van der Waals surface area contributed by atoms with E-state index in [0.717, 1.165) is 5.56 Å². The number of nitrogens with one attached hydrogen (secondary N) is 1. The maximum absolute atomic E-state index is 13.4. The van der Waals surface area contributed by atoms with Gasteiger partial charge in [0, 0.05) is 18.8 Å². The number of nitrogens with two attached hydrogens (primary N) is 1. The molecule has 1 fully saturated rings. The van der Waals surface area contributed by atoms with Crippen molar-refractivity contribution in [1.29, 1.82) is 0 Å². The monoisotopic (exact) mass is 495 g/mol. The van der Waals surface area contributed by atoms with E-state index in [0.29, 0.717) is 25.1 Å². The Kier molecular flexibility index (Phi) is 7.47. The van der Waals surface area contributed by atoms with Gasteiger partial charge in [0.2, 0.25) is 26.0 Å². The maximum Gasteiger partial charge on any atom is 0.246 e.